The highest BCUT2D eigenvalue weighted by molar-refractivity contribution is 6.18. The fraction of sp³-hybridized carbons (Fsp3) is 0.368. The van der Waals surface area contributed by atoms with Gasteiger partial charge in [0.05, 0.1) is 0 Å². The van der Waals surface area contributed by atoms with Crippen molar-refractivity contribution < 1.29 is 0 Å². The van der Waals surface area contributed by atoms with Gasteiger partial charge in [-0.1, -0.05) is 42.5 Å². The molecule has 1 fully saturated rings. The van der Waals surface area contributed by atoms with E-state index >= 15 is 0 Å². The second-order valence-corrected chi connectivity index (χ2v) is 6.56. The Kier molecular flexibility index (Phi) is 3.48. The average Bonchev–Trinajstić information content (AvgIpc) is 2.76. The topological polar surface area (TPSA) is 3.24 Å². The molecule has 2 aromatic rings. The fourth-order valence-electron chi connectivity index (χ4n) is 3.97. The highest BCUT2D eigenvalue weighted by atomic mass is 35.5. The summed E-state index contributed by atoms with van der Waals surface area (Å²) in [6.45, 7) is 1.03. The van der Waals surface area contributed by atoms with Crippen molar-refractivity contribution in [3.63, 3.8) is 0 Å². The number of rotatable bonds is 3. The van der Waals surface area contributed by atoms with Gasteiger partial charge in [0, 0.05) is 24.5 Å². The molecule has 2 aliphatic heterocycles. The second-order valence-electron chi connectivity index (χ2n) is 6.18. The molecule has 1 nitrogen and oxygen atoms in total. The van der Waals surface area contributed by atoms with Crippen LogP contribution in [-0.2, 0) is 0 Å². The Balaban J connectivity index is 1.68. The number of fused-ring (bicyclic) bond motifs is 3. The standard InChI is InChI=1S/C19H20ClN/c20-9-10-21-18-7-8-19(21)13-17(12-18)16-6-5-14-3-1-2-4-15(14)11-16/h1-6,11-12,18-19H,7-10,13H2. The maximum Gasteiger partial charge on any atom is 0.0351 e. The summed E-state index contributed by atoms with van der Waals surface area (Å²) >= 11 is 5.95. The van der Waals surface area contributed by atoms with Gasteiger partial charge < -0.3 is 0 Å². The number of halogens is 1. The van der Waals surface area contributed by atoms with E-state index < -0.39 is 0 Å². The summed E-state index contributed by atoms with van der Waals surface area (Å²) < 4.78 is 0. The molecule has 2 aliphatic rings. The molecule has 0 N–H and O–H groups in total. The minimum Gasteiger partial charge on any atom is -0.292 e. The van der Waals surface area contributed by atoms with E-state index in [4.69, 9.17) is 11.6 Å². The normalized spacial score (nSPS) is 25.3. The van der Waals surface area contributed by atoms with Crippen molar-refractivity contribution in [2.24, 2.45) is 0 Å². The summed E-state index contributed by atoms with van der Waals surface area (Å²) in [6, 6.07) is 16.8. The van der Waals surface area contributed by atoms with Gasteiger partial charge in [0.15, 0.2) is 0 Å². The second kappa shape index (κ2) is 5.47. The molecule has 2 bridgehead atoms. The van der Waals surface area contributed by atoms with Crippen LogP contribution < -0.4 is 0 Å². The molecule has 2 unspecified atom stereocenters. The van der Waals surface area contributed by atoms with Crippen molar-refractivity contribution in [3.8, 4) is 0 Å². The van der Waals surface area contributed by atoms with Crippen LogP contribution in [0.3, 0.4) is 0 Å². The number of alkyl halides is 1. The molecule has 2 atom stereocenters. The first kappa shape index (κ1) is 13.4. The van der Waals surface area contributed by atoms with Gasteiger partial charge >= 0.3 is 0 Å². The Morgan fingerprint density at radius 3 is 2.71 bits per heavy atom. The van der Waals surface area contributed by atoms with Crippen LogP contribution >= 0.6 is 11.6 Å². The zero-order valence-corrected chi connectivity index (χ0v) is 12.9. The van der Waals surface area contributed by atoms with Gasteiger partial charge in [-0.15, -0.1) is 11.6 Å². The van der Waals surface area contributed by atoms with Crippen LogP contribution in [0.25, 0.3) is 16.3 Å². The maximum absolute atomic E-state index is 5.95. The number of benzene rings is 2. The van der Waals surface area contributed by atoms with Gasteiger partial charge in [-0.3, -0.25) is 4.90 Å². The molecule has 0 radical (unpaired) electrons. The average molecular weight is 298 g/mol. The molecule has 0 aliphatic carbocycles. The van der Waals surface area contributed by atoms with Crippen molar-refractivity contribution in [3.05, 3.63) is 54.1 Å². The Labute approximate surface area is 131 Å². The van der Waals surface area contributed by atoms with Gasteiger partial charge in [-0.25, -0.2) is 0 Å². The largest absolute Gasteiger partial charge is 0.292 e. The lowest BCUT2D eigenvalue weighted by Crippen LogP contribution is -2.39. The van der Waals surface area contributed by atoms with Crippen molar-refractivity contribution in [1.29, 1.82) is 0 Å². The molecule has 108 valence electrons. The van der Waals surface area contributed by atoms with Crippen LogP contribution in [0.4, 0.5) is 0 Å². The van der Waals surface area contributed by atoms with E-state index in [2.05, 4.69) is 53.4 Å². The first-order valence-electron chi connectivity index (χ1n) is 7.87. The predicted molar refractivity (Wildman–Crippen MR) is 90.8 cm³/mol. The van der Waals surface area contributed by atoms with Gasteiger partial charge in [-0.05, 0) is 47.2 Å². The van der Waals surface area contributed by atoms with Gasteiger partial charge in [0.25, 0.3) is 0 Å². The summed E-state index contributed by atoms with van der Waals surface area (Å²) in [5.41, 5.74) is 2.93. The zero-order valence-electron chi connectivity index (χ0n) is 12.1. The Hall–Kier alpha value is -1.31. The van der Waals surface area contributed by atoms with Gasteiger partial charge in [0.1, 0.15) is 0 Å². The highest BCUT2D eigenvalue weighted by Gasteiger charge is 2.35. The summed E-state index contributed by atoms with van der Waals surface area (Å²) in [7, 11) is 0. The van der Waals surface area contributed by atoms with E-state index in [0.29, 0.717) is 12.1 Å². The Morgan fingerprint density at radius 2 is 1.90 bits per heavy atom. The fourth-order valence-corrected chi connectivity index (χ4v) is 4.16. The van der Waals surface area contributed by atoms with E-state index in [-0.39, 0.29) is 0 Å². The highest BCUT2D eigenvalue weighted by Crippen LogP contribution is 2.38. The Bertz CT molecular complexity index is 691. The van der Waals surface area contributed by atoms with Crippen LogP contribution in [-0.4, -0.2) is 29.4 Å². The first-order valence-corrected chi connectivity index (χ1v) is 8.40. The zero-order chi connectivity index (χ0) is 14.2. The van der Waals surface area contributed by atoms with Crippen LogP contribution in [0.5, 0.6) is 0 Å². The van der Waals surface area contributed by atoms with Gasteiger partial charge in [0.2, 0.25) is 0 Å². The van der Waals surface area contributed by atoms with Gasteiger partial charge in [-0.2, -0.15) is 0 Å². The molecular formula is C19H20ClN. The predicted octanol–water partition coefficient (Wildman–Crippen LogP) is 4.70. The lowest BCUT2D eigenvalue weighted by molar-refractivity contribution is 0.226. The molecule has 1 saturated heterocycles. The lowest BCUT2D eigenvalue weighted by atomic mass is 9.93. The van der Waals surface area contributed by atoms with Crippen LogP contribution in [0.15, 0.2) is 48.5 Å². The molecule has 0 saturated carbocycles. The number of hydrogen-bond acceptors (Lipinski definition) is 1. The summed E-state index contributed by atoms with van der Waals surface area (Å²) in [5.74, 6) is 0.742. The molecule has 0 spiro atoms. The molecule has 21 heavy (non-hydrogen) atoms. The minimum absolute atomic E-state index is 0.601. The number of hydrogen-bond donors (Lipinski definition) is 0. The molecular weight excluding hydrogens is 278 g/mol. The van der Waals surface area contributed by atoms with Crippen LogP contribution in [0.1, 0.15) is 24.8 Å². The minimum atomic E-state index is 0.601. The third kappa shape index (κ3) is 2.39. The van der Waals surface area contributed by atoms with E-state index in [1.807, 2.05) is 0 Å². The summed E-state index contributed by atoms with van der Waals surface area (Å²) in [4.78, 5) is 2.59. The molecule has 2 heteroatoms. The molecule has 2 aromatic carbocycles. The summed E-state index contributed by atoms with van der Waals surface area (Å²) in [6.07, 6.45) is 6.26. The third-order valence-corrected chi connectivity index (χ3v) is 5.17. The number of nitrogens with zero attached hydrogens (tertiary/aromatic N) is 1. The Morgan fingerprint density at radius 1 is 1.05 bits per heavy atom. The third-order valence-electron chi connectivity index (χ3n) is 5.00. The molecule has 4 rings (SSSR count). The van der Waals surface area contributed by atoms with Crippen LogP contribution in [0.2, 0.25) is 0 Å². The smallest absolute Gasteiger partial charge is 0.0351 e. The maximum atomic E-state index is 5.95. The van der Waals surface area contributed by atoms with Crippen molar-refractivity contribution in [2.75, 3.05) is 12.4 Å². The molecule has 0 aromatic heterocycles. The van der Waals surface area contributed by atoms with Crippen molar-refractivity contribution in [1.82, 2.24) is 4.90 Å². The monoisotopic (exact) mass is 297 g/mol. The summed E-state index contributed by atoms with van der Waals surface area (Å²) in [5, 5.41) is 2.66. The molecule has 0 amide bonds. The van der Waals surface area contributed by atoms with E-state index in [0.717, 1.165) is 12.4 Å². The van der Waals surface area contributed by atoms with Crippen molar-refractivity contribution >= 4 is 27.9 Å². The van der Waals surface area contributed by atoms with Crippen molar-refractivity contribution in [2.45, 2.75) is 31.3 Å². The SMILES string of the molecule is ClCCN1C2C=C(c3ccc4ccccc4c3)CC1CC2. The quantitative estimate of drug-likeness (QED) is 0.742. The van der Waals surface area contributed by atoms with E-state index in [9.17, 15) is 0 Å². The van der Waals surface area contributed by atoms with E-state index in [1.165, 1.54) is 41.2 Å². The molecule has 2 heterocycles. The van der Waals surface area contributed by atoms with Crippen LogP contribution in [0, 0.1) is 0 Å². The first-order chi connectivity index (χ1) is 10.3. The lowest BCUT2D eigenvalue weighted by Gasteiger charge is -2.33. The van der Waals surface area contributed by atoms with E-state index in [1.54, 1.807) is 0 Å².